The summed E-state index contributed by atoms with van der Waals surface area (Å²) in [5, 5.41) is 3.97. The molecule has 0 aliphatic rings. The minimum absolute atomic E-state index is 0.118. The predicted octanol–water partition coefficient (Wildman–Crippen LogP) is 1.44. The van der Waals surface area contributed by atoms with Crippen LogP contribution in [0.25, 0.3) is 0 Å². The maximum atomic E-state index is 5.75. The highest BCUT2D eigenvalue weighted by molar-refractivity contribution is 4.87. The minimum atomic E-state index is 0.118. The molecule has 0 bridgehead atoms. The number of aryl methyl sites for hydroxylation is 1. The molecule has 0 saturated heterocycles. The first-order chi connectivity index (χ1) is 8.00. The topological polar surface area (TPSA) is 68.2 Å². The fraction of sp³-hybridized carbons (Fsp3) is 0.833. The summed E-state index contributed by atoms with van der Waals surface area (Å²) in [5.74, 6) is 1.46. The van der Waals surface area contributed by atoms with Crippen LogP contribution in [0, 0.1) is 5.41 Å². The molecule has 0 aromatic carbocycles. The Labute approximate surface area is 103 Å². The normalized spacial score (nSPS) is 12.4. The van der Waals surface area contributed by atoms with Crippen LogP contribution in [-0.2, 0) is 13.0 Å². The summed E-state index contributed by atoms with van der Waals surface area (Å²) in [4.78, 5) is 6.61. The first-order valence-corrected chi connectivity index (χ1v) is 6.24. The van der Waals surface area contributed by atoms with Gasteiger partial charge in [-0.3, -0.25) is 4.90 Å². The van der Waals surface area contributed by atoms with Crippen LogP contribution in [0.4, 0.5) is 0 Å². The van der Waals surface area contributed by atoms with Gasteiger partial charge in [0.25, 0.3) is 0 Å². The molecule has 0 amide bonds. The Morgan fingerprint density at radius 1 is 1.35 bits per heavy atom. The second-order valence-corrected chi connectivity index (χ2v) is 5.13. The monoisotopic (exact) mass is 240 g/mol. The summed E-state index contributed by atoms with van der Waals surface area (Å²) in [6, 6.07) is 0. The fourth-order valence-corrected chi connectivity index (χ4v) is 1.65. The summed E-state index contributed by atoms with van der Waals surface area (Å²) >= 11 is 0. The lowest BCUT2D eigenvalue weighted by Crippen LogP contribution is -2.38. The van der Waals surface area contributed by atoms with Crippen molar-refractivity contribution in [1.29, 1.82) is 0 Å². The Balaban J connectivity index is 2.57. The van der Waals surface area contributed by atoms with E-state index in [2.05, 4.69) is 35.8 Å². The number of hydrogen-bond donors (Lipinski definition) is 1. The van der Waals surface area contributed by atoms with E-state index >= 15 is 0 Å². The highest BCUT2D eigenvalue weighted by Crippen LogP contribution is 2.16. The van der Waals surface area contributed by atoms with Gasteiger partial charge >= 0.3 is 0 Å². The minimum Gasteiger partial charge on any atom is -0.339 e. The van der Waals surface area contributed by atoms with Crippen LogP contribution in [-0.4, -0.2) is 34.7 Å². The van der Waals surface area contributed by atoms with Crippen LogP contribution in [0.15, 0.2) is 4.52 Å². The van der Waals surface area contributed by atoms with Crippen molar-refractivity contribution in [3.05, 3.63) is 11.7 Å². The maximum absolute atomic E-state index is 5.75. The summed E-state index contributed by atoms with van der Waals surface area (Å²) in [7, 11) is 0. The third-order valence-electron chi connectivity index (χ3n) is 2.83. The fourth-order valence-electron chi connectivity index (χ4n) is 1.65. The largest absolute Gasteiger partial charge is 0.339 e. The number of nitrogens with two attached hydrogens (primary N) is 1. The molecule has 1 aromatic heterocycles. The Kier molecular flexibility index (Phi) is 5.08. The second kappa shape index (κ2) is 6.12. The van der Waals surface area contributed by atoms with Gasteiger partial charge in [-0.2, -0.15) is 4.98 Å². The molecule has 98 valence electrons. The molecule has 5 nitrogen and oxygen atoms in total. The van der Waals surface area contributed by atoms with Gasteiger partial charge in [0.2, 0.25) is 5.89 Å². The van der Waals surface area contributed by atoms with Crippen LogP contribution in [0.3, 0.4) is 0 Å². The molecule has 0 atom stereocenters. The van der Waals surface area contributed by atoms with Crippen molar-refractivity contribution in [1.82, 2.24) is 15.0 Å². The Morgan fingerprint density at radius 3 is 2.53 bits per heavy atom. The lowest BCUT2D eigenvalue weighted by molar-refractivity contribution is 0.178. The van der Waals surface area contributed by atoms with E-state index in [1.165, 1.54) is 0 Å². The molecule has 0 saturated carbocycles. The van der Waals surface area contributed by atoms with Crippen LogP contribution in [0.1, 0.15) is 39.4 Å². The lowest BCUT2D eigenvalue weighted by atomic mass is 9.93. The average molecular weight is 240 g/mol. The maximum Gasteiger partial charge on any atom is 0.226 e. The quantitative estimate of drug-likeness (QED) is 0.781. The zero-order chi connectivity index (χ0) is 12.9. The van der Waals surface area contributed by atoms with Crippen molar-refractivity contribution in [2.24, 2.45) is 11.1 Å². The van der Waals surface area contributed by atoms with E-state index in [0.29, 0.717) is 12.4 Å². The molecule has 1 heterocycles. The van der Waals surface area contributed by atoms with Crippen LogP contribution in [0.5, 0.6) is 0 Å². The summed E-state index contributed by atoms with van der Waals surface area (Å²) in [6.07, 6.45) is 0.785. The van der Waals surface area contributed by atoms with E-state index in [1.807, 2.05) is 6.92 Å². The molecule has 17 heavy (non-hydrogen) atoms. The molecule has 0 spiro atoms. The van der Waals surface area contributed by atoms with Gasteiger partial charge in [-0.15, -0.1) is 0 Å². The van der Waals surface area contributed by atoms with Gasteiger partial charge in [-0.1, -0.05) is 32.9 Å². The molecule has 0 aliphatic heterocycles. The molecule has 5 heteroatoms. The van der Waals surface area contributed by atoms with Crippen molar-refractivity contribution in [2.75, 3.05) is 19.6 Å². The van der Waals surface area contributed by atoms with Crippen LogP contribution < -0.4 is 5.73 Å². The van der Waals surface area contributed by atoms with Crippen molar-refractivity contribution in [3.63, 3.8) is 0 Å². The van der Waals surface area contributed by atoms with Gasteiger partial charge in [0, 0.05) is 13.0 Å². The number of nitrogens with zero attached hydrogens (tertiary/aromatic N) is 3. The summed E-state index contributed by atoms with van der Waals surface area (Å²) in [5.41, 5.74) is 5.87. The first-order valence-electron chi connectivity index (χ1n) is 6.24. The summed E-state index contributed by atoms with van der Waals surface area (Å²) in [6.45, 7) is 11.8. The molecular weight excluding hydrogens is 216 g/mol. The highest BCUT2D eigenvalue weighted by Gasteiger charge is 2.20. The van der Waals surface area contributed by atoms with E-state index in [0.717, 1.165) is 31.9 Å². The molecule has 0 unspecified atom stereocenters. The third kappa shape index (κ3) is 4.44. The third-order valence-corrected chi connectivity index (χ3v) is 2.83. The zero-order valence-corrected chi connectivity index (χ0v) is 11.4. The number of aromatic nitrogens is 2. The molecule has 1 rings (SSSR count). The van der Waals surface area contributed by atoms with Gasteiger partial charge in [0.1, 0.15) is 0 Å². The lowest BCUT2D eigenvalue weighted by Gasteiger charge is -2.30. The van der Waals surface area contributed by atoms with Crippen LogP contribution >= 0.6 is 0 Å². The van der Waals surface area contributed by atoms with Crippen LogP contribution in [0.2, 0.25) is 0 Å². The van der Waals surface area contributed by atoms with E-state index in [9.17, 15) is 0 Å². The van der Waals surface area contributed by atoms with Crippen molar-refractivity contribution in [2.45, 2.75) is 40.7 Å². The molecule has 0 fully saturated rings. The molecule has 0 radical (unpaired) electrons. The van der Waals surface area contributed by atoms with Gasteiger partial charge in [-0.25, -0.2) is 0 Å². The van der Waals surface area contributed by atoms with Crippen molar-refractivity contribution >= 4 is 0 Å². The van der Waals surface area contributed by atoms with E-state index in [4.69, 9.17) is 10.3 Å². The van der Waals surface area contributed by atoms with E-state index < -0.39 is 0 Å². The van der Waals surface area contributed by atoms with E-state index in [-0.39, 0.29) is 5.41 Å². The molecular formula is C12H24N4O. The smallest absolute Gasteiger partial charge is 0.226 e. The first kappa shape index (κ1) is 14.1. The average Bonchev–Trinajstić information content (AvgIpc) is 2.75. The molecule has 1 aromatic rings. The number of hydrogen-bond acceptors (Lipinski definition) is 5. The Morgan fingerprint density at radius 2 is 2.06 bits per heavy atom. The molecule has 0 aliphatic carbocycles. The van der Waals surface area contributed by atoms with Gasteiger partial charge in [-0.05, 0) is 18.5 Å². The Bertz CT molecular complexity index is 335. The highest BCUT2D eigenvalue weighted by atomic mass is 16.5. The number of rotatable bonds is 7. The summed E-state index contributed by atoms with van der Waals surface area (Å²) < 4.78 is 5.10. The molecule has 2 N–H and O–H groups in total. The van der Waals surface area contributed by atoms with E-state index in [1.54, 1.807) is 0 Å². The second-order valence-electron chi connectivity index (χ2n) is 5.13. The Hall–Kier alpha value is -0.940. The van der Waals surface area contributed by atoms with Gasteiger partial charge in [0.15, 0.2) is 5.82 Å². The van der Waals surface area contributed by atoms with Gasteiger partial charge < -0.3 is 10.3 Å². The van der Waals surface area contributed by atoms with Crippen molar-refractivity contribution < 1.29 is 4.52 Å². The van der Waals surface area contributed by atoms with Gasteiger partial charge in [0.05, 0.1) is 6.54 Å². The SMILES string of the molecule is CCc1nc(CN(CC)CC(C)(C)CN)no1. The standard InChI is InChI=1S/C12H24N4O/c1-5-11-14-10(15-17-11)7-16(6-2)9-12(3,4)8-13/h5-9,13H2,1-4H3. The zero-order valence-electron chi connectivity index (χ0n) is 11.4. The predicted molar refractivity (Wildman–Crippen MR) is 67.5 cm³/mol. The van der Waals surface area contributed by atoms with Crippen molar-refractivity contribution in [3.8, 4) is 0 Å².